The summed E-state index contributed by atoms with van der Waals surface area (Å²) in [6, 6.07) is 6.92. The number of aromatic nitrogens is 2. The van der Waals surface area contributed by atoms with E-state index in [1.54, 1.807) is 21.9 Å². The molecule has 0 N–H and O–H groups in total. The number of piperidine rings is 1. The molecule has 1 fully saturated rings. The summed E-state index contributed by atoms with van der Waals surface area (Å²) in [4.78, 5) is 32.6. The fourth-order valence-corrected chi connectivity index (χ4v) is 3.69. The van der Waals surface area contributed by atoms with Gasteiger partial charge in [0.05, 0.1) is 6.54 Å². The van der Waals surface area contributed by atoms with Crippen LogP contribution in [0.1, 0.15) is 52.0 Å². The van der Waals surface area contributed by atoms with Gasteiger partial charge in [-0.2, -0.15) is 4.98 Å². The first-order valence-corrected chi connectivity index (χ1v) is 9.91. The van der Waals surface area contributed by atoms with Crippen LogP contribution >= 0.6 is 11.6 Å². The van der Waals surface area contributed by atoms with Crippen LogP contribution in [0.2, 0.25) is 5.02 Å². The first kappa shape index (κ1) is 20.3. The molecule has 1 atom stereocenters. The molecule has 2 aromatic rings. The minimum Gasteiger partial charge on any atom is -0.337 e. The summed E-state index contributed by atoms with van der Waals surface area (Å²) in [7, 11) is 0. The summed E-state index contributed by atoms with van der Waals surface area (Å²) < 4.78 is 5.50. The van der Waals surface area contributed by atoms with E-state index in [0.717, 1.165) is 24.8 Å². The first-order valence-electron chi connectivity index (χ1n) is 9.53. The summed E-state index contributed by atoms with van der Waals surface area (Å²) in [6.07, 6.45) is 2.65. The predicted molar refractivity (Wildman–Crippen MR) is 106 cm³/mol. The molecule has 150 valence electrons. The van der Waals surface area contributed by atoms with Crippen molar-refractivity contribution in [3.8, 4) is 11.4 Å². The van der Waals surface area contributed by atoms with E-state index < -0.39 is 0 Å². The maximum Gasteiger partial charge on any atom is 0.249 e. The van der Waals surface area contributed by atoms with Crippen LogP contribution in [0, 0.1) is 0 Å². The Balaban J connectivity index is 1.80. The van der Waals surface area contributed by atoms with Crippen molar-refractivity contribution in [2.75, 3.05) is 13.1 Å². The zero-order valence-electron chi connectivity index (χ0n) is 16.4. The summed E-state index contributed by atoms with van der Waals surface area (Å²) >= 11 is 6.04. The molecule has 1 aliphatic heterocycles. The van der Waals surface area contributed by atoms with E-state index in [0.29, 0.717) is 23.3 Å². The zero-order valence-corrected chi connectivity index (χ0v) is 17.1. The second kappa shape index (κ2) is 8.73. The van der Waals surface area contributed by atoms with Gasteiger partial charge < -0.3 is 14.3 Å². The highest BCUT2D eigenvalue weighted by Crippen LogP contribution is 2.31. The van der Waals surface area contributed by atoms with Crippen molar-refractivity contribution in [2.45, 2.75) is 52.1 Å². The predicted octanol–water partition coefficient (Wildman–Crippen LogP) is 3.70. The number of hydrogen-bond donors (Lipinski definition) is 0. The Bertz CT molecular complexity index is 851. The Morgan fingerprint density at radius 1 is 1.36 bits per heavy atom. The number of likely N-dealkylation sites (tertiary alicyclic amines) is 1. The van der Waals surface area contributed by atoms with Crippen molar-refractivity contribution < 1.29 is 14.1 Å². The molecule has 0 saturated carbocycles. The second-order valence-electron chi connectivity index (χ2n) is 7.31. The number of carbonyl (C=O) groups excluding carboxylic acids is 2. The van der Waals surface area contributed by atoms with Crippen molar-refractivity contribution in [2.24, 2.45) is 0 Å². The SMILES string of the molecule is CC(=O)N(CC(=O)N1CCCC[C@H]1c1nc(-c2cccc(Cl)c2)no1)C(C)C. The van der Waals surface area contributed by atoms with E-state index in [-0.39, 0.29) is 30.4 Å². The lowest BCUT2D eigenvalue weighted by atomic mass is 10.0. The molecule has 0 bridgehead atoms. The van der Waals surface area contributed by atoms with Crippen LogP contribution < -0.4 is 0 Å². The number of amides is 2. The standard InChI is InChI=1S/C20H25ClN4O3/c1-13(2)25(14(3)26)12-18(27)24-10-5-4-9-17(24)20-22-19(23-28-20)15-7-6-8-16(21)11-15/h6-8,11,13,17H,4-5,9-10,12H2,1-3H3/t17-/m0/s1. The molecule has 3 rings (SSSR count). The fourth-order valence-electron chi connectivity index (χ4n) is 3.50. The smallest absolute Gasteiger partial charge is 0.249 e. The van der Waals surface area contributed by atoms with E-state index >= 15 is 0 Å². The van der Waals surface area contributed by atoms with Crippen molar-refractivity contribution in [1.29, 1.82) is 0 Å². The molecule has 0 radical (unpaired) electrons. The van der Waals surface area contributed by atoms with Gasteiger partial charge >= 0.3 is 0 Å². The van der Waals surface area contributed by atoms with Crippen LogP contribution in [0.15, 0.2) is 28.8 Å². The molecule has 28 heavy (non-hydrogen) atoms. The fraction of sp³-hybridized carbons (Fsp3) is 0.500. The average Bonchev–Trinajstić information content (AvgIpc) is 3.15. The van der Waals surface area contributed by atoms with E-state index in [9.17, 15) is 9.59 Å². The molecule has 1 saturated heterocycles. The topological polar surface area (TPSA) is 79.5 Å². The minimum absolute atomic E-state index is 0.0393. The van der Waals surface area contributed by atoms with Gasteiger partial charge in [0.15, 0.2) is 0 Å². The van der Waals surface area contributed by atoms with Crippen molar-refractivity contribution in [3.05, 3.63) is 35.2 Å². The number of nitrogens with zero attached hydrogens (tertiary/aromatic N) is 4. The van der Waals surface area contributed by atoms with Gasteiger partial charge in [-0.1, -0.05) is 28.9 Å². The van der Waals surface area contributed by atoms with E-state index in [2.05, 4.69) is 10.1 Å². The van der Waals surface area contributed by atoms with Gasteiger partial charge in [0.2, 0.25) is 23.5 Å². The summed E-state index contributed by atoms with van der Waals surface area (Å²) in [5.41, 5.74) is 0.763. The van der Waals surface area contributed by atoms with Gasteiger partial charge in [-0.25, -0.2) is 0 Å². The van der Waals surface area contributed by atoms with Crippen LogP contribution in [0.3, 0.4) is 0 Å². The molecular weight excluding hydrogens is 380 g/mol. The largest absolute Gasteiger partial charge is 0.337 e. The first-order chi connectivity index (χ1) is 13.4. The molecule has 1 aliphatic rings. The minimum atomic E-state index is -0.275. The van der Waals surface area contributed by atoms with E-state index in [1.165, 1.54) is 6.92 Å². The van der Waals surface area contributed by atoms with Gasteiger partial charge in [-0.3, -0.25) is 9.59 Å². The number of benzene rings is 1. The molecule has 8 heteroatoms. The van der Waals surface area contributed by atoms with Crippen LogP contribution in [0.5, 0.6) is 0 Å². The van der Waals surface area contributed by atoms with Crippen molar-refractivity contribution in [3.63, 3.8) is 0 Å². The Labute approximate surface area is 169 Å². The Kier molecular flexibility index (Phi) is 6.34. The summed E-state index contributed by atoms with van der Waals surface area (Å²) in [5.74, 6) is 0.652. The normalized spacial score (nSPS) is 17.0. The molecule has 7 nitrogen and oxygen atoms in total. The highest BCUT2D eigenvalue weighted by Gasteiger charge is 2.33. The van der Waals surface area contributed by atoms with E-state index in [1.807, 2.05) is 26.0 Å². The molecule has 1 aromatic carbocycles. The molecular formula is C20H25ClN4O3. The number of hydrogen-bond acceptors (Lipinski definition) is 5. The van der Waals surface area contributed by atoms with Crippen LogP contribution in [0.4, 0.5) is 0 Å². The highest BCUT2D eigenvalue weighted by atomic mass is 35.5. The molecule has 0 spiro atoms. The maximum absolute atomic E-state index is 12.9. The zero-order chi connectivity index (χ0) is 20.3. The van der Waals surface area contributed by atoms with E-state index in [4.69, 9.17) is 16.1 Å². The Hall–Kier alpha value is -2.41. The summed E-state index contributed by atoms with van der Waals surface area (Å²) in [5, 5.41) is 4.66. The molecule has 1 aromatic heterocycles. The number of rotatable bonds is 5. The number of carbonyl (C=O) groups is 2. The molecule has 2 heterocycles. The van der Waals surface area contributed by atoms with Gasteiger partial charge in [-0.15, -0.1) is 0 Å². The molecule has 0 unspecified atom stereocenters. The average molecular weight is 405 g/mol. The van der Waals surface area contributed by atoms with Gasteiger partial charge in [0.25, 0.3) is 0 Å². The van der Waals surface area contributed by atoms with Crippen LogP contribution in [0.25, 0.3) is 11.4 Å². The lowest BCUT2D eigenvalue weighted by Crippen LogP contribution is -2.47. The van der Waals surface area contributed by atoms with Crippen LogP contribution in [-0.2, 0) is 9.59 Å². The maximum atomic E-state index is 12.9. The van der Waals surface area contributed by atoms with Gasteiger partial charge in [0, 0.05) is 30.1 Å². The second-order valence-corrected chi connectivity index (χ2v) is 7.74. The molecule has 0 aliphatic carbocycles. The highest BCUT2D eigenvalue weighted by molar-refractivity contribution is 6.30. The summed E-state index contributed by atoms with van der Waals surface area (Å²) in [6.45, 7) is 5.95. The Morgan fingerprint density at radius 2 is 2.14 bits per heavy atom. The van der Waals surface area contributed by atoms with Crippen molar-refractivity contribution >= 4 is 23.4 Å². The third kappa shape index (κ3) is 4.52. The van der Waals surface area contributed by atoms with Crippen LogP contribution in [-0.4, -0.2) is 50.9 Å². The monoisotopic (exact) mass is 404 g/mol. The van der Waals surface area contributed by atoms with Gasteiger partial charge in [0.1, 0.15) is 6.04 Å². The molecule has 2 amide bonds. The third-order valence-electron chi connectivity index (χ3n) is 4.97. The lowest BCUT2D eigenvalue weighted by molar-refractivity contribution is -0.143. The van der Waals surface area contributed by atoms with Crippen molar-refractivity contribution in [1.82, 2.24) is 19.9 Å². The third-order valence-corrected chi connectivity index (χ3v) is 5.20. The lowest BCUT2D eigenvalue weighted by Gasteiger charge is -2.35. The Morgan fingerprint density at radius 3 is 2.82 bits per heavy atom. The van der Waals surface area contributed by atoms with Gasteiger partial charge in [-0.05, 0) is 45.2 Å². The quantitative estimate of drug-likeness (QED) is 0.759. The number of halogens is 1.